The van der Waals surface area contributed by atoms with Gasteiger partial charge in [-0.15, -0.1) is 10.2 Å². The maximum Gasteiger partial charge on any atom is 0.225 e. The molecule has 0 amide bonds. The highest BCUT2D eigenvalue weighted by Gasteiger charge is 2.26. The second-order valence-corrected chi connectivity index (χ2v) is 11.4. The molecule has 2 aliphatic heterocycles. The first-order chi connectivity index (χ1) is 18.2. The number of rotatable bonds is 7. The molecule has 3 aliphatic rings. The third kappa shape index (κ3) is 5.67. The Kier molecular flexibility index (Phi) is 7.41. The van der Waals surface area contributed by atoms with Crippen LogP contribution in [0.4, 0.5) is 11.1 Å². The number of piperidine rings is 1. The fourth-order valence-corrected chi connectivity index (χ4v) is 6.52. The number of carbonyl (C=O) groups is 1. The summed E-state index contributed by atoms with van der Waals surface area (Å²) in [7, 11) is 0. The van der Waals surface area contributed by atoms with Gasteiger partial charge in [-0.3, -0.25) is 0 Å². The summed E-state index contributed by atoms with van der Waals surface area (Å²) < 4.78 is 6.38. The number of nitrogens with zero attached hydrogens (tertiary/aromatic N) is 6. The fourth-order valence-electron chi connectivity index (χ4n) is 5.64. The van der Waals surface area contributed by atoms with Gasteiger partial charge in [0.05, 0.1) is 12.2 Å². The molecule has 1 aromatic carbocycles. The van der Waals surface area contributed by atoms with Crippen molar-refractivity contribution >= 4 is 28.7 Å². The van der Waals surface area contributed by atoms with Crippen molar-refractivity contribution < 1.29 is 9.53 Å². The van der Waals surface area contributed by atoms with E-state index in [1.807, 2.05) is 12.4 Å². The van der Waals surface area contributed by atoms with Gasteiger partial charge < -0.3 is 19.3 Å². The summed E-state index contributed by atoms with van der Waals surface area (Å²) in [5.41, 5.74) is 3.11. The van der Waals surface area contributed by atoms with E-state index in [0.717, 1.165) is 84.5 Å². The molecule has 2 saturated heterocycles. The monoisotopic (exact) mass is 518 g/mol. The predicted molar refractivity (Wildman–Crippen MR) is 146 cm³/mol. The van der Waals surface area contributed by atoms with Crippen LogP contribution >= 0.6 is 11.3 Å². The minimum absolute atomic E-state index is 0.104. The Labute approximate surface area is 222 Å². The smallest absolute Gasteiger partial charge is 0.225 e. The number of carbonyl (C=O) groups excluding carboxylic acids is 1. The summed E-state index contributed by atoms with van der Waals surface area (Å²) in [4.78, 5) is 24.9. The lowest BCUT2D eigenvalue weighted by molar-refractivity contribution is -0.110. The molecule has 194 valence electrons. The van der Waals surface area contributed by atoms with Crippen molar-refractivity contribution in [1.82, 2.24) is 20.2 Å². The third-order valence-corrected chi connectivity index (χ3v) is 8.90. The molecule has 6 rings (SSSR count). The van der Waals surface area contributed by atoms with Crippen LogP contribution in [0.3, 0.4) is 0 Å². The highest BCUT2D eigenvalue weighted by atomic mass is 32.1. The average molecular weight is 519 g/mol. The van der Waals surface area contributed by atoms with Crippen molar-refractivity contribution in [3.05, 3.63) is 36.7 Å². The van der Waals surface area contributed by atoms with E-state index in [9.17, 15) is 4.79 Å². The normalized spacial score (nSPS) is 21.5. The van der Waals surface area contributed by atoms with Crippen LogP contribution in [0.5, 0.6) is 0 Å². The summed E-state index contributed by atoms with van der Waals surface area (Å²) in [5.74, 6) is 0.906. The maximum absolute atomic E-state index is 11.1. The molecule has 0 spiro atoms. The van der Waals surface area contributed by atoms with E-state index in [1.54, 1.807) is 11.3 Å². The minimum atomic E-state index is 0.104. The van der Waals surface area contributed by atoms with Gasteiger partial charge in [-0.25, -0.2) is 9.97 Å². The predicted octanol–water partition coefficient (Wildman–Crippen LogP) is 5.01. The van der Waals surface area contributed by atoms with Gasteiger partial charge in [0, 0.05) is 55.6 Å². The zero-order valence-corrected chi connectivity index (χ0v) is 22.0. The Balaban J connectivity index is 1.04. The standard InChI is InChI=1S/C28H34N6O2S/c35-19-20-10-13-34(18-20)28-32-31-26(37-28)22-8-6-21(7-9-22)23-16-29-27(30-17-23)33-14-11-25(12-15-33)36-24-4-2-1-3-5-24/h6-9,16-17,19-20,24-25H,1-5,10-15,18H2. The Morgan fingerprint density at radius 2 is 1.46 bits per heavy atom. The lowest BCUT2D eigenvalue weighted by Gasteiger charge is -2.34. The highest BCUT2D eigenvalue weighted by Crippen LogP contribution is 2.33. The molecule has 1 saturated carbocycles. The van der Waals surface area contributed by atoms with E-state index >= 15 is 0 Å². The molecular formula is C28H34N6O2S. The summed E-state index contributed by atoms with van der Waals surface area (Å²) in [6, 6.07) is 8.31. The lowest BCUT2D eigenvalue weighted by atomic mass is 9.97. The van der Waals surface area contributed by atoms with Crippen molar-refractivity contribution in [1.29, 1.82) is 0 Å². The van der Waals surface area contributed by atoms with Crippen molar-refractivity contribution in [2.24, 2.45) is 5.92 Å². The molecule has 0 radical (unpaired) electrons. The molecule has 9 heteroatoms. The summed E-state index contributed by atoms with van der Waals surface area (Å²) in [5, 5.41) is 10.5. The topological polar surface area (TPSA) is 84.3 Å². The van der Waals surface area contributed by atoms with Gasteiger partial charge in [-0.1, -0.05) is 54.9 Å². The largest absolute Gasteiger partial charge is 0.375 e. The number of anilines is 2. The number of aromatic nitrogens is 4. The van der Waals surface area contributed by atoms with Crippen LogP contribution in [-0.2, 0) is 9.53 Å². The molecule has 8 nitrogen and oxygen atoms in total. The first kappa shape index (κ1) is 24.4. The molecule has 0 bridgehead atoms. The van der Waals surface area contributed by atoms with Gasteiger partial charge >= 0.3 is 0 Å². The van der Waals surface area contributed by atoms with Gasteiger partial charge in [0.15, 0.2) is 0 Å². The van der Waals surface area contributed by atoms with Crippen molar-refractivity contribution in [2.75, 3.05) is 36.0 Å². The Bertz CT molecular complexity index is 1170. The van der Waals surface area contributed by atoms with E-state index in [-0.39, 0.29) is 5.92 Å². The molecule has 0 N–H and O–H groups in total. The third-order valence-electron chi connectivity index (χ3n) is 7.87. The number of hydrogen-bond donors (Lipinski definition) is 0. The number of benzene rings is 1. The molecule has 1 aliphatic carbocycles. The fraction of sp³-hybridized carbons (Fsp3) is 0.536. The second-order valence-electron chi connectivity index (χ2n) is 10.5. The SMILES string of the molecule is O=CC1CCN(c2nnc(-c3ccc(-c4cnc(N5CCC(OC6CCCCC6)CC5)nc4)cc3)s2)C1. The van der Waals surface area contributed by atoms with E-state index < -0.39 is 0 Å². The molecule has 4 heterocycles. The minimum Gasteiger partial charge on any atom is -0.375 e. The van der Waals surface area contributed by atoms with E-state index in [0.29, 0.717) is 12.2 Å². The highest BCUT2D eigenvalue weighted by molar-refractivity contribution is 7.18. The number of aldehydes is 1. The van der Waals surface area contributed by atoms with Crippen LogP contribution in [0.25, 0.3) is 21.7 Å². The van der Waals surface area contributed by atoms with Gasteiger partial charge in [-0.05, 0) is 37.7 Å². The number of ether oxygens (including phenoxy) is 1. The van der Waals surface area contributed by atoms with Crippen molar-refractivity contribution in [3.63, 3.8) is 0 Å². The first-order valence-corrected chi connectivity index (χ1v) is 14.4. The van der Waals surface area contributed by atoms with Gasteiger partial charge in [0.1, 0.15) is 11.3 Å². The number of hydrogen-bond acceptors (Lipinski definition) is 9. The summed E-state index contributed by atoms with van der Waals surface area (Å²) >= 11 is 1.57. The second kappa shape index (κ2) is 11.2. The average Bonchev–Trinajstić information content (AvgIpc) is 3.65. The van der Waals surface area contributed by atoms with Gasteiger partial charge in [-0.2, -0.15) is 0 Å². The van der Waals surface area contributed by atoms with Crippen molar-refractivity contribution in [2.45, 2.75) is 63.6 Å². The van der Waals surface area contributed by atoms with Crippen LogP contribution < -0.4 is 9.80 Å². The Hall–Kier alpha value is -2.91. The zero-order valence-electron chi connectivity index (χ0n) is 21.2. The molecule has 3 fully saturated rings. The molecule has 1 atom stereocenters. The van der Waals surface area contributed by atoms with Gasteiger partial charge in [0.25, 0.3) is 0 Å². The first-order valence-electron chi connectivity index (χ1n) is 13.6. The Morgan fingerprint density at radius 3 is 2.16 bits per heavy atom. The molecular weight excluding hydrogens is 484 g/mol. The van der Waals surface area contributed by atoms with Crippen LogP contribution in [0.15, 0.2) is 36.7 Å². The Morgan fingerprint density at radius 1 is 0.784 bits per heavy atom. The molecule has 2 aromatic heterocycles. The van der Waals surface area contributed by atoms with E-state index in [4.69, 9.17) is 4.74 Å². The van der Waals surface area contributed by atoms with E-state index in [1.165, 1.54) is 32.1 Å². The van der Waals surface area contributed by atoms with Gasteiger partial charge in [0.2, 0.25) is 11.1 Å². The maximum atomic E-state index is 11.1. The molecule has 1 unspecified atom stereocenters. The summed E-state index contributed by atoms with van der Waals surface area (Å²) in [6.45, 7) is 3.49. The lowest BCUT2D eigenvalue weighted by Crippen LogP contribution is -2.39. The van der Waals surface area contributed by atoms with Crippen LogP contribution in [0, 0.1) is 5.92 Å². The molecule has 3 aromatic rings. The summed E-state index contributed by atoms with van der Waals surface area (Å²) in [6.07, 6.45) is 15.2. The van der Waals surface area contributed by atoms with E-state index in [2.05, 4.69) is 54.2 Å². The van der Waals surface area contributed by atoms with Crippen LogP contribution in [0.1, 0.15) is 51.4 Å². The zero-order chi connectivity index (χ0) is 25.0. The van der Waals surface area contributed by atoms with Crippen LogP contribution in [0.2, 0.25) is 0 Å². The quantitative estimate of drug-likeness (QED) is 0.404. The molecule has 37 heavy (non-hydrogen) atoms. The van der Waals surface area contributed by atoms with Crippen LogP contribution in [-0.4, -0.2) is 64.8 Å². The van der Waals surface area contributed by atoms with Crippen molar-refractivity contribution in [3.8, 4) is 21.7 Å².